The molecule has 0 aromatic heterocycles. The Morgan fingerprint density at radius 1 is 0.649 bits per heavy atom. The minimum atomic E-state index is -1.03. The number of hydrogen-bond donors (Lipinski definition) is 5. The lowest BCUT2D eigenvalue weighted by atomic mass is 9.73. The number of amides is 2. The fraction of sp³-hybridized carbons (Fsp3) is 0.746. The minimum absolute atomic E-state index is 0.129. The Bertz CT molecular complexity index is 2220. The average molecular weight is 1080 g/mol. The second-order valence-electron chi connectivity index (χ2n) is 25.4. The summed E-state index contributed by atoms with van der Waals surface area (Å²) in [6.45, 7) is 18.8. The number of hydrogen-bond acceptors (Lipinski definition) is 12. The number of aliphatic hydroxyl groups is 3. The molecule has 2 saturated carbocycles. The molecule has 2 aromatic rings. The molecular weight excluding hydrogens is 977 g/mol. The van der Waals surface area contributed by atoms with Gasteiger partial charge in [0.15, 0.2) is 25.4 Å². The number of aliphatic hydroxyl groups excluding tert-OH is 3. The largest absolute Gasteiger partial charge is 0.482 e. The van der Waals surface area contributed by atoms with Crippen molar-refractivity contribution >= 4 is 23.8 Å². The van der Waals surface area contributed by atoms with E-state index < -0.39 is 47.2 Å². The first-order valence-corrected chi connectivity index (χ1v) is 29.8. The summed E-state index contributed by atoms with van der Waals surface area (Å²) in [4.78, 5) is 53.4. The van der Waals surface area contributed by atoms with E-state index in [9.17, 15) is 34.5 Å². The molecule has 432 valence electrons. The van der Waals surface area contributed by atoms with E-state index in [1.807, 2.05) is 72.7 Å². The van der Waals surface area contributed by atoms with E-state index in [-0.39, 0.29) is 74.1 Å². The zero-order chi connectivity index (χ0) is 56.0. The summed E-state index contributed by atoms with van der Waals surface area (Å²) in [6, 6.07) is 11.9. The fourth-order valence-electron chi connectivity index (χ4n) is 13.0. The van der Waals surface area contributed by atoms with Crippen LogP contribution in [0.25, 0.3) is 0 Å². The highest BCUT2D eigenvalue weighted by Crippen LogP contribution is 2.51. The number of rotatable bonds is 30. The van der Waals surface area contributed by atoms with Gasteiger partial charge in [-0.1, -0.05) is 97.4 Å². The van der Waals surface area contributed by atoms with Crippen LogP contribution in [0.1, 0.15) is 188 Å². The van der Waals surface area contributed by atoms with Crippen LogP contribution in [0, 0.1) is 41.4 Å². The molecule has 5 N–H and O–H groups in total. The Balaban J connectivity index is 1.03. The first-order chi connectivity index (χ1) is 36.6. The molecule has 6 rings (SSSR count). The lowest BCUT2D eigenvalue weighted by Gasteiger charge is -2.34. The van der Waals surface area contributed by atoms with E-state index >= 15 is 0 Å². The van der Waals surface area contributed by atoms with Crippen molar-refractivity contribution in [3.8, 4) is 11.5 Å². The van der Waals surface area contributed by atoms with E-state index in [0.29, 0.717) is 48.5 Å². The van der Waals surface area contributed by atoms with Crippen molar-refractivity contribution in [2.24, 2.45) is 41.4 Å². The highest BCUT2D eigenvalue weighted by atomic mass is 16.6. The summed E-state index contributed by atoms with van der Waals surface area (Å²) in [6.07, 6.45) is 12.7. The Morgan fingerprint density at radius 2 is 1.17 bits per heavy atom. The zero-order valence-electron chi connectivity index (χ0n) is 48.5. The number of esters is 2. The van der Waals surface area contributed by atoms with Gasteiger partial charge < -0.3 is 49.6 Å². The number of nitrogens with one attached hydrogen (secondary N) is 2. The van der Waals surface area contributed by atoms with Gasteiger partial charge >= 0.3 is 11.9 Å². The Labute approximate surface area is 461 Å². The Morgan fingerprint density at radius 3 is 1.69 bits per heavy atom. The summed E-state index contributed by atoms with van der Waals surface area (Å²) < 4.78 is 30.6. The standard InChI is InChI=1S/C63H98N2O12/c1-11-14-16-22-44(66)26-28-46-48-30-40-20-18-24-54(50(40)32-42(48)34-52(46)68)73-36-57(69)76-53(13-3)60(71)65-63(9,10)38-75-56-35-43-33-51-41(31-49(43)47(56)29-27-45(67)23-17-15-12-2)21-19-25-55(51)74-37-58(70)77-59(39(4)5)61(72)64-62(6,7)8/h18-21,24-25,39,42-49,52-53,56,59,66-68H,11-17,22-23,26-38H2,1-10H3,(H,64,72)(H,65,71)/t42-,43-,44-,45-,46+,47+,48-,49-,52+,53?,56+,59?/m0/s1. The van der Waals surface area contributed by atoms with Gasteiger partial charge in [-0.05, 0) is 194 Å². The SMILES string of the molecule is CCCCC[C@H](O)CC[C@@H]1[C@H]2Cc3cccc(OCC(=O)OC(CC)C(=O)NC(C)(C)CO[C@@H]4C[C@@H]5Cc6c(cccc6OCC(=O)OC(C(=O)NC(C)(C)C)C(C)C)C[C@@H]5[C@H]4CC[C@@H](O)CCCCC)c3C[C@H]2C[C@H]1O. The molecule has 4 aliphatic rings. The molecule has 0 radical (unpaired) electrons. The number of carbonyl (C=O) groups is 4. The van der Waals surface area contributed by atoms with Gasteiger partial charge in [-0.25, -0.2) is 9.59 Å². The first-order valence-electron chi connectivity index (χ1n) is 29.8. The summed E-state index contributed by atoms with van der Waals surface area (Å²) in [5, 5.41) is 38.9. The van der Waals surface area contributed by atoms with E-state index in [4.69, 9.17) is 23.7 Å². The van der Waals surface area contributed by atoms with Gasteiger partial charge in [0.1, 0.15) is 11.5 Å². The van der Waals surface area contributed by atoms with Crippen molar-refractivity contribution in [3.05, 3.63) is 58.7 Å². The van der Waals surface area contributed by atoms with Crippen LogP contribution in [-0.2, 0) is 59.1 Å². The summed E-state index contributed by atoms with van der Waals surface area (Å²) >= 11 is 0. The van der Waals surface area contributed by atoms with Gasteiger partial charge in [0.05, 0.1) is 36.6 Å². The second-order valence-corrected chi connectivity index (χ2v) is 25.4. The van der Waals surface area contributed by atoms with E-state index in [2.05, 4.69) is 36.6 Å². The van der Waals surface area contributed by atoms with Gasteiger partial charge in [-0.3, -0.25) is 9.59 Å². The van der Waals surface area contributed by atoms with Gasteiger partial charge in [0.25, 0.3) is 11.8 Å². The zero-order valence-corrected chi connectivity index (χ0v) is 48.5. The van der Waals surface area contributed by atoms with Gasteiger partial charge in [-0.2, -0.15) is 0 Å². The highest BCUT2D eigenvalue weighted by molar-refractivity contribution is 5.85. The summed E-state index contributed by atoms with van der Waals surface area (Å²) in [7, 11) is 0. The normalized spacial score (nSPS) is 24.3. The molecule has 2 unspecified atom stereocenters. The first kappa shape index (κ1) is 62.0. The molecule has 77 heavy (non-hydrogen) atoms. The molecule has 14 heteroatoms. The molecular formula is C63H98N2O12. The third kappa shape index (κ3) is 17.9. The van der Waals surface area contributed by atoms with Crippen LogP contribution in [0.5, 0.6) is 11.5 Å². The molecule has 0 saturated heterocycles. The van der Waals surface area contributed by atoms with Gasteiger partial charge in [-0.15, -0.1) is 0 Å². The molecule has 0 spiro atoms. The number of fused-ring (bicyclic) bond motifs is 4. The fourth-order valence-corrected chi connectivity index (χ4v) is 13.0. The van der Waals surface area contributed by atoms with Crippen LogP contribution < -0.4 is 20.1 Å². The molecule has 14 nitrogen and oxygen atoms in total. The summed E-state index contributed by atoms with van der Waals surface area (Å²) in [5.41, 5.74) is 3.16. The van der Waals surface area contributed by atoms with E-state index in [1.165, 1.54) is 5.56 Å². The maximum Gasteiger partial charge on any atom is 0.344 e. The molecule has 2 aromatic carbocycles. The Kier molecular flexibility index (Phi) is 23.1. The van der Waals surface area contributed by atoms with E-state index in [1.54, 1.807) is 6.92 Å². The maximum absolute atomic E-state index is 13.9. The van der Waals surface area contributed by atoms with Crippen LogP contribution in [0.2, 0.25) is 0 Å². The molecule has 2 fully saturated rings. The minimum Gasteiger partial charge on any atom is -0.482 e. The molecule has 4 aliphatic carbocycles. The quantitative estimate of drug-likeness (QED) is 0.0367. The predicted octanol–water partition coefficient (Wildman–Crippen LogP) is 9.73. The van der Waals surface area contributed by atoms with Crippen LogP contribution in [0.4, 0.5) is 0 Å². The van der Waals surface area contributed by atoms with Crippen LogP contribution >= 0.6 is 0 Å². The van der Waals surface area contributed by atoms with Crippen molar-refractivity contribution in [2.45, 2.75) is 239 Å². The molecule has 0 heterocycles. The van der Waals surface area contributed by atoms with Crippen molar-refractivity contribution in [3.63, 3.8) is 0 Å². The van der Waals surface area contributed by atoms with Crippen molar-refractivity contribution in [1.82, 2.24) is 10.6 Å². The third-order valence-electron chi connectivity index (χ3n) is 17.0. The van der Waals surface area contributed by atoms with Crippen LogP contribution in [0.15, 0.2) is 36.4 Å². The van der Waals surface area contributed by atoms with Crippen LogP contribution in [0.3, 0.4) is 0 Å². The smallest absolute Gasteiger partial charge is 0.344 e. The number of unbranched alkanes of at least 4 members (excludes halogenated alkanes) is 4. The van der Waals surface area contributed by atoms with Crippen molar-refractivity contribution in [2.75, 3.05) is 19.8 Å². The lowest BCUT2D eigenvalue weighted by Crippen LogP contribution is -2.52. The average Bonchev–Trinajstić information content (AvgIpc) is 3.88. The van der Waals surface area contributed by atoms with Crippen molar-refractivity contribution < 1.29 is 58.2 Å². The Hall–Kier alpha value is -4.24. The molecule has 0 aliphatic heterocycles. The monoisotopic (exact) mass is 1070 g/mol. The number of benzene rings is 2. The number of ether oxygens (including phenoxy) is 5. The van der Waals surface area contributed by atoms with Gasteiger partial charge in [0, 0.05) is 5.54 Å². The lowest BCUT2D eigenvalue weighted by molar-refractivity contribution is -0.161. The topological polar surface area (TPSA) is 199 Å². The molecule has 2 amide bonds. The van der Waals surface area contributed by atoms with Gasteiger partial charge in [0.2, 0.25) is 0 Å². The second kappa shape index (κ2) is 28.8. The number of carbonyl (C=O) groups excluding carboxylic acids is 4. The van der Waals surface area contributed by atoms with Crippen molar-refractivity contribution in [1.29, 1.82) is 0 Å². The predicted molar refractivity (Wildman–Crippen MR) is 298 cm³/mol. The molecule has 12 atom stereocenters. The maximum atomic E-state index is 13.9. The molecule has 0 bridgehead atoms. The summed E-state index contributed by atoms with van der Waals surface area (Å²) in [5.74, 6) is 0.543. The third-order valence-corrected chi connectivity index (χ3v) is 17.0. The highest BCUT2D eigenvalue weighted by Gasteiger charge is 2.48. The van der Waals surface area contributed by atoms with E-state index in [0.717, 1.165) is 113 Å². The van der Waals surface area contributed by atoms with Crippen LogP contribution in [-0.4, -0.2) is 107 Å².